The highest BCUT2D eigenvalue weighted by Gasteiger charge is 2.30. The van der Waals surface area contributed by atoms with Crippen LogP contribution in [0.5, 0.6) is 5.75 Å². The van der Waals surface area contributed by atoms with Crippen LogP contribution in [0.3, 0.4) is 0 Å². The second kappa shape index (κ2) is 6.75. The van der Waals surface area contributed by atoms with Crippen molar-refractivity contribution in [2.24, 2.45) is 0 Å². The Morgan fingerprint density at radius 3 is 2.76 bits per heavy atom. The second-order valence-electron chi connectivity index (χ2n) is 5.65. The first-order valence-electron chi connectivity index (χ1n) is 7.18. The topological polar surface area (TPSA) is 55.4 Å². The van der Waals surface area contributed by atoms with Gasteiger partial charge in [0.25, 0.3) is 0 Å². The predicted octanol–water partition coefficient (Wildman–Crippen LogP) is 2.28. The van der Waals surface area contributed by atoms with E-state index < -0.39 is 15.7 Å². The van der Waals surface area contributed by atoms with E-state index in [-0.39, 0.29) is 17.1 Å². The molecule has 2 unspecified atom stereocenters. The minimum atomic E-state index is -3.06. The molecule has 0 aromatic heterocycles. The van der Waals surface area contributed by atoms with Crippen molar-refractivity contribution >= 4 is 9.84 Å². The van der Waals surface area contributed by atoms with Gasteiger partial charge in [0.2, 0.25) is 0 Å². The van der Waals surface area contributed by atoms with Crippen LogP contribution in [0.1, 0.15) is 31.2 Å². The van der Waals surface area contributed by atoms with Crippen LogP contribution in [0.25, 0.3) is 0 Å². The monoisotopic (exact) mass is 315 g/mol. The summed E-state index contributed by atoms with van der Waals surface area (Å²) in [6.45, 7) is 0.594. The molecule has 0 aliphatic heterocycles. The highest BCUT2D eigenvalue weighted by Crippen LogP contribution is 2.28. The van der Waals surface area contributed by atoms with Crippen LogP contribution in [0.2, 0.25) is 0 Å². The van der Waals surface area contributed by atoms with E-state index in [2.05, 4.69) is 5.32 Å². The number of ether oxygens (including phenoxy) is 1. The molecule has 21 heavy (non-hydrogen) atoms. The zero-order valence-corrected chi connectivity index (χ0v) is 13.2. The molecule has 0 radical (unpaired) electrons. The van der Waals surface area contributed by atoms with Gasteiger partial charge in [-0.25, -0.2) is 12.8 Å². The van der Waals surface area contributed by atoms with Gasteiger partial charge in [-0.15, -0.1) is 0 Å². The van der Waals surface area contributed by atoms with Crippen LogP contribution in [-0.2, 0) is 16.4 Å². The number of hydrogen-bond acceptors (Lipinski definition) is 4. The third-order valence-corrected chi connectivity index (χ3v) is 5.49. The molecule has 0 spiro atoms. The lowest BCUT2D eigenvalue weighted by Crippen LogP contribution is -2.33. The van der Waals surface area contributed by atoms with Crippen LogP contribution in [-0.4, -0.2) is 33.1 Å². The van der Waals surface area contributed by atoms with E-state index in [0.717, 1.165) is 18.4 Å². The average molecular weight is 315 g/mol. The normalized spacial score (nSPS) is 23.0. The SMILES string of the molecule is CNCc1ccc(OC2CCCC(S(C)(=O)=O)C2)c(F)c1. The lowest BCUT2D eigenvalue weighted by atomic mass is 9.97. The lowest BCUT2D eigenvalue weighted by Gasteiger charge is -2.28. The first kappa shape index (κ1) is 16.2. The van der Waals surface area contributed by atoms with Gasteiger partial charge >= 0.3 is 0 Å². The summed E-state index contributed by atoms with van der Waals surface area (Å²) in [6.07, 6.45) is 3.69. The Morgan fingerprint density at radius 2 is 2.14 bits per heavy atom. The van der Waals surface area contributed by atoms with Gasteiger partial charge in [-0.2, -0.15) is 0 Å². The predicted molar refractivity (Wildman–Crippen MR) is 80.7 cm³/mol. The third kappa shape index (κ3) is 4.41. The minimum Gasteiger partial charge on any atom is -0.487 e. The Morgan fingerprint density at radius 1 is 1.38 bits per heavy atom. The number of nitrogens with one attached hydrogen (secondary N) is 1. The number of rotatable bonds is 5. The fraction of sp³-hybridized carbons (Fsp3) is 0.600. The van der Waals surface area contributed by atoms with Gasteiger partial charge in [0.1, 0.15) is 15.9 Å². The molecule has 0 bridgehead atoms. The van der Waals surface area contributed by atoms with E-state index in [4.69, 9.17) is 4.74 Å². The first-order valence-corrected chi connectivity index (χ1v) is 9.14. The van der Waals surface area contributed by atoms with Gasteiger partial charge in [-0.05, 0) is 44.0 Å². The van der Waals surface area contributed by atoms with E-state index in [9.17, 15) is 12.8 Å². The van der Waals surface area contributed by atoms with Gasteiger partial charge in [-0.1, -0.05) is 6.07 Å². The third-order valence-electron chi connectivity index (χ3n) is 3.85. The maximum atomic E-state index is 14.0. The maximum absolute atomic E-state index is 14.0. The number of hydrogen-bond donors (Lipinski definition) is 1. The molecule has 2 rings (SSSR count). The van der Waals surface area contributed by atoms with Gasteiger partial charge < -0.3 is 10.1 Å². The summed E-state index contributed by atoms with van der Waals surface area (Å²) < 4.78 is 42.9. The molecule has 1 N–H and O–H groups in total. The van der Waals surface area contributed by atoms with Crippen LogP contribution in [0.4, 0.5) is 4.39 Å². The molecule has 1 aliphatic carbocycles. The van der Waals surface area contributed by atoms with Crippen molar-refractivity contribution in [3.05, 3.63) is 29.6 Å². The molecular formula is C15H22FNO3S. The molecule has 1 aromatic rings. The summed E-state index contributed by atoms with van der Waals surface area (Å²) in [5, 5.41) is 2.59. The molecule has 0 heterocycles. The fourth-order valence-corrected chi connectivity index (χ4v) is 3.89. The molecule has 0 saturated heterocycles. The largest absolute Gasteiger partial charge is 0.487 e. The van der Waals surface area contributed by atoms with E-state index >= 15 is 0 Å². The molecule has 1 saturated carbocycles. The Balaban J connectivity index is 2.04. The quantitative estimate of drug-likeness (QED) is 0.906. The van der Waals surface area contributed by atoms with Crippen molar-refractivity contribution < 1.29 is 17.5 Å². The molecule has 1 aliphatic rings. The van der Waals surface area contributed by atoms with Crippen molar-refractivity contribution in [2.75, 3.05) is 13.3 Å². The molecule has 2 atom stereocenters. The van der Waals surface area contributed by atoms with Gasteiger partial charge in [0.15, 0.2) is 11.6 Å². The summed E-state index contributed by atoms with van der Waals surface area (Å²) in [6, 6.07) is 4.88. The molecule has 6 heteroatoms. The van der Waals surface area contributed by atoms with Crippen LogP contribution < -0.4 is 10.1 Å². The number of halogens is 1. The zero-order chi connectivity index (χ0) is 15.5. The van der Waals surface area contributed by atoms with Crippen LogP contribution in [0, 0.1) is 5.82 Å². The molecule has 118 valence electrons. The van der Waals surface area contributed by atoms with Crippen LogP contribution >= 0.6 is 0 Å². The van der Waals surface area contributed by atoms with E-state index in [1.807, 2.05) is 6.07 Å². The number of benzene rings is 1. The van der Waals surface area contributed by atoms with E-state index in [1.54, 1.807) is 13.1 Å². The minimum absolute atomic E-state index is 0.203. The Hall–Kier alpha value is -1.14. The summed E-state index contributed by atoms with van der Waals surface area (Å²) in [5.74, 6) is -0.196. The van der Waals surface area contributed by atoms with E-state index in [1.165, 1.54) is 12.3 Å². The smallest absolute Gasteiger partial charge is 0.165 e. The number of sulfone groups is 1. The second-order valence-corrected chi connectivity index (χ2v) is 7.98. The van der Waals surface area contributed by atoms with Gasteiger partial charge in [0, 0.05) is 19.2 Å². The van der Waals surface area contributed by atoms with E-state index in [0.29, 0.717) is 19.4 Å². The van der Waals surface area contributed by atoms with Crippen molar-refractivity contribution in [3.63, 3.8) is 0 Å². The molecule has 1 fully saturated rings. The highest BCUT2D eigenvalue weighted by atomic mass is 32.2. The summed E-state index contributed by atoms with van der Waals surface area (Å²) in [5.41, 5.74) is 0.847. The Labute approximate surface area is 125 Å². The summed E-state index contributed by atoms with van der Waals surface area (Å²) in [7, 11) is -1.26. The first-order chi connectivity index (χ1) is 9.90. The van der Waals surface area contributed by atoms with Crippen molar-refractivity contribution in [3.8, 4) is 5.75 Å². The summed E-state index contributed by atoms with van der Waals surface area (Å²) in [4.78, 5) is 0. The van der Waals surface area contributed by atoms with Gasteiger partial charge in [0.05, 0.1) is 5.25 Å². The van der Waals surface area contributed by atoms with Crippen molar-refractivity contribution in [1.82, 2.24) is 5.32 Å². The molecule has 4 nitrogen and oxygen atoms in total. The maximum Gasteiger partial charge on any atom is 0.165 e. The zero-order valence-electron chi connectivity index (χ0n) is 12.4. The van der Waals surface area contributed by atoms with Crippen LogP contribution in [0.15, 0.2) is 18.2 Å². The summed E-state index contributed by atoms with van der Waals surface area (Å²) >= 11 is 0. The fourth-order valence-electron chi connectivity index (χ4n) is 2.73. The lowest BCUT2D eigenvalue weighted by molar-refractivity contribution is 0.150. The Kier molecular flexibility index (Phi) is 5.22. The molecule has 0 amide bonds. The average Bonchev–Trinajstić information content (AvgIpc) is 2.42. The highest BCUT2D eigenvalue weighted by molar-refractivity contribution is 7.91. The van der Waals surface area contributed by atoms with Crippen molar-refractivity contribution in [1.29, 1.82) is 0 Å². The molecule has 1 aromatic carbocycles. The standard InChI is InChI=1S/C15H22FNO3S/c1-17-10-11-6-7-15(14(16)8-11)20-12-4-3-5-13(9-12)21(2,18)19/h6-8,12-13,17H,3-5,9-10H2,1-2H3. The van der Waals surface area contributed by atoms with Crippen molar-refractivity contribution in [2.45, 2.75) is 43.6 Å². The van der Waals surface area contributed by atoms with Gasteiger partial charge in [-0.3, -0.25) is 0 Å². The molecular weight excluding hydrogens is 293 g/mol. The Bertz CT molecular complexity index is 589.